The highest BCUT2D eigenvalue weighted by molar-refractivity contribution is 7.90. The molecule has 8 nitrogen and oxygen atoms in total. The van der Waals surface area contributed by atoms with Crippen molar-refractivity contribution in [3.63, 3.8) is 0 Å². The number of hydrogen-bond donors (Lipinski definition) is 1. The predicted molar refractivity (Wildman–Crippen MR) is 154 cm³/mol. The summed E-state index contributed by atoms with van der Waals surface area (Å²) in [7, 11) is 0.690. The van der Waals surface area contributed by atoms with Gasteiger partial charge in [0, 0.05) is 80.5 Å². The van der Waals surface area contributed by atoms with Crippen molar-refractivity contribution in [1.82, 2.24) is 19.4 Å². The monoisotopic (exact) mass is 526 g/mol. The second-order valence-electron chi connectivity index (χ2n) is 10.0. The van der Waals surface area contributed by atoms with E-state index in [1.54, 1.807) is 18.5 Å². The van der Waals surface area contributed by atoms with E-state index in [4.69, 9.17) is 0 Å². The fourth-order valence-corrected chi connectivity index (χ4v) is 5.98. The van der Waals surface area contributed by atoms with Crippen molar-refractivity contribution in [2.24, 2.45) is 7.05 Å². The van der Waals surface area contributed by atoms with Crippen LogP contribution in [0.15, 0.2) is 78.1 Å². The van der Waals surface area contributed by atoms with Gasteiger partial charge in [-0.2, -0.15) is 0 Å². The number of sulfone groups is 1. The fraction of sp³-hybridized carbons (Fsp3) is 0.241. The zero-order valence-electron chi connectivity index (χ0n) is 21.7. The molecule has 0 saturated carbocycles. The van der Waals surface area contributed by atoms with E-state index in [1.165, 1.54) is 11.6 Å². The Hall–Kier alpha value is -3.95. The van der Waals surface area contributed by atoms with Crippen LogP contribution in [0.5, 0.6) is 0 Å². The van der Waals surface area contributed by atoms with E-state index in [0.717, 1.165) is 65.2 Å². The Bertz CT molecular complexity index is 1770. The Balaban J connectivity index is 1.46. The first-order valence-electron chi connectivity index (χ1n) is 12.6. The molecule has 2 aromatic heterocycles. The number of benzene rings is 3. The average molecular weight is 527 g/mol. The van der Waals surface area contributed by atoms with Gasteiger partial charge in [0.2, 0.25) is 0 Å². The minimum atomic E-state index is -3.46. The molecule has 1 N–H and O–H groups in total. The van der Waals surface area contributed by atoms with Crippen LogP contribution in [-0.4, -0.2) is 67.3 Å². The maximum Gasteiger partial charge on any atom is 0.177 e. The minimum Gasteiger partial charge on any atom is -0.369 e. The lowest BCUT2D eigenvalue weighted by Gasteiger charge is -2.34. The van der Waals surface area contributed by atoms with Gasteiger partial charge >= 0.3 is 0 Å². The van der Waals surface area contributed by atoms with E-state index in [0.29, 0.717) is 5.69 Å². The van der Waals surface area contributed by atoms with Gasteiger partial charge < -0.3 is 19.7 Å². The van der Waals surface area contributed by atoms with Crippen LogP contribution in [0.2, 0.25) is 0 Å². The highest BCUT2D eigenvalue weighted by Crippen LogP contribution is 2.35. The maximum atomic E-state index is 12.7. The third kappa shape index (κ3) is 4.59. The number of aromatic nitrogens is 3. The zero-order chi connectivity index (χ0) is 26.4. The number of likely N-dealkylation sites (N-methyl/N-ethyl adjacent to an activating group) is 1. The van der Waals surface area contributed by atoms with Crippen LogP contribution in [0.1, 0.15) is 0 Å². The summed E-state index contributed by atoms with van der Waals surface area (Å²) in [4.78, 5) is 14.1. The van der Waals surface area contributed by atoms with Crippen LogP contribution in [-0.2, 0) is 16.9 Å². The number of rotatable bonds is 5. The summed E-state index contributed by atoms with van der Waals surface area (Å²) in [6.45, 7) is 3.72. The second kappa shape index (κ2) is 9.41. The second-order valence-corrected chi connectivity index (χ2v) is 12.0. The third-order valence-electron chi connectivity index (χ3n) is 7.28. The van der Waals surface area contributed by atoms with Gasteiger partial charge in [0.15, 0.2) is 9.84 Å². The van der Waals surface area contributed by atoms with Crippen LogP contribution in [0.25, 0.3) is 33.1 Å². The van der Waals surface area contributed by atoms with Gasteiger partial charge in [-0.05, 0) is 60.5 Å². The van der Waals surface area contributed by atoms with E-state index >= 15 is 0 Å². The summed E-state index contributed by atoms with van der Waals surface area (Å²) < 4.78 is 27.5. The standard InChI is InChI=1S/C29H30N6O2S/c1-33-12-14-35(15-13-33)23-6-7-28(38(3,36)37)25(19-23)32-22-17-24(29-26(18-22)30-9-10-31-29)21-5-4-20-8-11-34(2)27(20)16-21/h4-11,16-19,32H,12-15H2,1-3H3. The first-order valence-corrected chi connectivity index (χ1v) is 14.5. The molecular weight excluding hydrogens is 496 g/mol. The van der Waals surface area contributed by atoms with Crippen molar-refractivity contribution < 1.29 is 8.42 Å². The molecule has 3 aromatic carbocycles. The Morgan fingerprint density at radius 3 is 2.45 bits per heavy atom. The highest BCUT2D eigenvalue weighted by atomic mass is 32.2. The van der Waals surface area contributed by atoms with Crippen molar-refractivity contribution in [3.05, 3.63) is 73.2 Å². The summed E-state index contributed by atoms with van der Waals surface area (Å²) in [5.74, 6) is 0. The van der Waals surface area contributed by atoms with E-state index in [2.05, 4.69) is 61.0 Å². The smallest absolute Gasteiger partial charge is 0.177 e. The largest absolute Gasteiger partial charge is 0.369 e. The van der Waals surface area contributed by atoms with Gasteiger partial charge in [0.1, 0.15) is 0 Å². The van der Waals surface area contributed by atoms with Crippen molar-refractivity contribution in [2.45, 2.75) is 4.90 Å². The molecule has 0 bridgehead atoms. The van der Waals surface area contributed by atoms with E-state index in [1.807, 2.05) is 37.5 Å². The summed E-state index contributed by atoms with van der Waals surface area (Å²) in [5.41, 5.74) is 6.90. The molecule has 6 rings (SSSR count). The van der Waals surface area contributed by atoms with Crippen molar-refractivity contribution >= 4 is 48.8 Å². The molecule has 0 spiro atoms. The summed E-state index contributed by atoms with van der Waals surface area (Å²) in [5, 5.41) is 4.59. The van der Waals surface area contributed by atoms with Crippen molar-refractivity contribution in [1.29, 1.82) is 0 Å². The first kappa shape index (κ1) is 24.4. The van der Waals surface area contributed by atoms with Gasteiger partial charge in [-0.25, -0.2) is 8.42 Å². The Morgan fingerprint density at radius 1 is 0.868 bits per heavy atom. The van der Waals surface area contributed by atoms with Crippen LogP contribution < -0.4 is 10.2 Å². The molecule has 1 fully saturated rings. The van der Waals surface area contributed by atoms with Crippen molar-refractivity contribution in [2.75, 3.05) is 49.7 Å². The van der Waals surface area contributed by atoms with Gasteiger partial charge in [0.25, 0.3) is 0 Å². The van der Waals surface area contributed by atoms with E-state index in [9.17, 15) is 8.42 Å². The average Bonchev–Trinajstić information content (AvgIpc) is 3.28. The zero-order valence-corrected chi connectivity index (χ0v) is 22.5. The van der Waals surface area contributed by atoms with E-state index in [-0.39, 0.29) is 4.90 Å². The Morgan fingerprint density at radius 2 is 1.66 bits per heavy atom. The van der Waals surface area contributed by atoms with Crippen LogP contribution in [0, 0.1) is 0 Å². The van der Waals surface area contributed by atoms with Gasteiger partial charge in [0.05, 0.1) is 21.6 Å². The van der Waals surface area contributed by atoms with Gasteiger partial charge in [-0.3, -0.25) is 9.97 Å². The molecule has 0 aliphatic carbocycles. The molecule has 1 aliphatic heterocycles. The first-order chi connectivity index (χ1) is 18.3. The van der Waals surface area contributed by atoms with Crippen LogP contribution in [0.3, 0.4) is 0 Å². The molecule has 1 aliphatic rings. The summed E-state index contributed by atoms with van der Waals surface area (Å²) in [6.07, 6.45) is 6.66. The molecule has 5 aromatic rings. The molecule has 1 saturated heterocycles. The molecule has 0 amide bonds. The van der Waals surface area contributed by atoms with Crippen LogP contribution >= 0.6 is 0 Å². The van der Waals surface area contributed by atoms with Crippen LogP contribution in [0.4, 0.5) is 17.1 Å². The Kier molecular flexibility index (Phi) is 6.04. The number of nitrogens with one attached hydrogen (secondary N) is 1. The summed E-state index contributed by atoms with van der Waals surface area (Å²) in [6, 6.07) is 17.9. The molecule has 194 valence electrons. The molecule has 38 heavy (non-hydrogen) atoms. The predicted octanol–water partition coefficient (Wildman–Crippen LogP) is 4.69. The molecular formula is C29H30N6O2S. The third-order valence-corrected chi connectivity index (χ3v) is 8.44. The molecule has 3 heterocycles. The Labute approximate surface area is 222 Å². The van der Waals surface area contributed by atoms with Crippen molar-refractivity contribution in [3.8, 4) is 11.1 Å². The highest BCUT2D eigenvalue weighted by Gasteiger charge is 2.20. The lowest BCUT2D eigenvalue weighted by Crippen LogP contribution is -2.44. The normalized spacial score (nSPS) is 14.9. The maximum absolute atomic E-state index is 12.7. The lowest BCUT2D eigenvalue weighted by molar-refractivity contribution is 0.313. The minimum absolute atomic E-state index is 0.265. The number of hydrogen-bond acceptors (Lipinski definition) is 7. The molecule has 0 radical (unpaired) electrons. The molecule has 9 heteroatoms. The summed E-state index contributed by atoms with van der Waals surface area (Å²) >= 11 is 0. The quantitative estimate of drug-likeness (QED) is 0.356. The van der Waals surface area contributed by atoms with Gasteiger partial charge in [-0.15, -0.1) is 0 Å². The lowest BCUT2D eigenvalue weighted by atomic mass is 10.0. The number of aryl methyl sites for hydroxylation is 1. The number of anilines is 3. The topological polar surface area (TPSA) is 83.4 Å². The number of fused-ring (bicyclic) bond motifs is 2. The number of piperazine rings is 1. The fourth-order valence-electron chi connectivity index (χ4n) is 5.15. The van der Waals surface area contributed by atoms with E-state index < -0.39 is 9.84 Å². The SMILES string of the molecule is CN1CCN(c2ccc(S(C)(=O)=O)c(Nc3cc(-c4ccc5ccn(C)c5c4)c4nccnc4c3)c2)CC1. The molecule has 0 unspecified atom stereocenters. The van der Waals surface area contributed by atoms with Gasteiger partial charge in [-0.1, -0.05) is 12.1 Å². The number of nitrogens with zero attached hydrogens (tertiary/aromatic N) is 5. The molecule has 0 atom stereocenters.